The van der Waals surface area contributed by atoms with Gasteiger partial charge >= 0.3 is 5.97 Å². The van der Waals surface area contributed by atoms with Crippen LogP contribution < -0.4 is 5.73 Å². The molecule has 152 valence electrons. The Kier molecular flexibility index (Phi) is 8.08. The molecular weight excluding hydrogens is 388 g/mol. The van der Waals surface area contributed by atoms with Gasteiger partial charge in [-0.05, 0) is 26.0 Å². The molecule has 0 saturated carbocycles. The van der Waals surface area contributed by atoms with Crippen molar-refractivity contribution in [1.82, 2.24) is 24.5 Å². The number of halogens is 1. The molecule has 0 fully saturated rings. The maximum Gasteiger partial charge on any atom is 0.360 e. The quantitative estimate of drug-likeness (QED) is 0.505. The molecule has 0 aliphatic carbocycles. The standard InChI is InChI=1S/C10H11N3O3.C7H11N3O.ClH/c1-6-4-7(13(2)12-6)9-8(10(14)15-3)11-5-16-9;1-5-3-6(7(11)4-8)10(2)9-5;/h4-5H,1-3H3;3H,4,8H2,1-2H3;1H. The van der Waals surface area contributed by atoms with E-state index >= 15 is 0 Å². The summed E-state index contributed by atoms with van der Waals surface area (Å²) in [6.07, 6.45) is 1.21. The molecule has 0 aliphatic heterocycles. The number of aryl methyl sites for hydroxylation is 4. The first-order chi connectivity index (χ1) is 12.8. The predicted octanol–water partition coefficient (Wildman–Crippen LogP) is 1.46. The fraction of sp³-hybridized carbons (Fsp3) is 0.353. The number of Topliss-reactive ketones (excluding diaryl/α,β-unsaturated/α-hetero) is 1. The van der Waals surface area contributed by atoms with E-state index in [0.717, 1.165) is 11.4 Å². The summed E-state index contributed by atoms with van der Waals surface area (Å²) in [7, 11) is 4.80. The monoisotopic (exact) mass is 410 g/mol. The van der Waals surface area contributed by atoms with Crippen molar-refractivity contribution in [2.75, 3.05) is 13.7 Å². The molecular formula is C17H23ClN6O4. The van der Waals surface area contributed by atoms with E-state index in [1.807, 2.05) is 19.9 Å². The van der Waals surface area contributed by atoms with Gasteiger partial charge in [0.05, 0.1) is 25.0 Å². The summed E-state index contributed by atoms with van der Waals surface area (Å²) in [5.74, 6) is -0.231. The first kappa shape index (κ1) is 23.1. The Balaban J connectivity index is 0.000000289. The fourth-order valence-electron chi connectivity index (χ4n) is 2.47. The molecule has 0 spiro atoms. The van der Waals surface area contributed by atoms with Crippen LogP contribution in [0.2, 0.25) is 0 Å². The number of ketones is 1. The van der Waals surface area contributed by atoms with Gasteiger partial charge in [0, 0.05) is 14.1 Å². The van der Waals surface area contributed by atoms with Crippen molar-refractivity contribution < 1.29 is 18.7 Å². The van der Waals surface area contributed by atoms with Gasteiger partial charge in [-0.2, -0.15) is 10.2 Å². The lowest BCUT2D eigenvalue weighted by atomic mass is 10.2. The minimum Gasteiger partial charge on any atom is -0.464 e. The van der Waals surface area contributed by atoms with Crippen molar-refractivity contribution in [2.45, 2.75) is 13.8 Å². The van der Waals surface area contributed by atoms with Gasteiger partial charge < -0.3 is 14.9 Å². The number of nitrogens with two attached hydrogens (primary N) is 1. The molecule has 0 bridgehead atoms. The molecule has 2 N–H and O–H groups in total. The molecule has 3 aromatic heterocycles. The summed E-state index contributed by atoms with van der Waals surface area (Å²) in [5, 5.41) is 8.19. The lowest BCUT2D eigenvalue weighted by molar-refractivity contribution is 0.0595. The van der Waals surface area contributed by atoms with Gasteiger partial charge in [-0.3, -0.25) is 14.2 Å². The van der Waals surface area contributed by atoms with Gasteiger partial charge in [-0.15, -0.1) is 12.4 Å². The van der Waals surface area contributed by atoms with Crippen LogP contribution in [0.4, 0.5) is 0 Å². The average molecular weight is 411 g/mol. The van der Waals surface area contributed by atoms with Crippen molar-refractivity contribution in [3.05, 3.63) is 41.3 Å². The summed E-state index contributed by atoms with van der Waals surface area (Å²) < 4.78 is 13.0. The molecule has 11 heteroatoms. The fourth-order valence-corrected chi connectivity index (χ4v) is 2.47. The maximum absolute atomic E-state index is 11.4. The van der Waals surface area contributed by atoms with Crippen LogP contribution in [0.15, 0.2) is 22.9 Å². The van der Waals surface area contributed by atoms with Crippen molar-refractivity contribution >= 4 is 24.2 Å². The Bertz CT molecular complexity index is 959. The van der Waals surface area contributed by atoms with Crippen molar-refractivity contribution in [2.24, 2.45) is 19.8 Å². The number of carbonyl (C=O) groups is 2. The van der Waals surface area contributed by atoms with Gasteiger partial charge in [-0.25, -0.2) is 9.78 Å². The third-order valence-corrected chi connectivity index (χ3v) is 3.65. The Morgan fingerprint density at radius 1 is 1.14 bits per heavy atom. The van der Waals surface area contributed by atoms with Crippen LogP contribution in [0.25, 0.3) is 11.5 Å². The molecule has 0 unspecified atom stereocenters. The SMILES string of the molecule is COC(=O)c1ncoc1-c1cc(C)nn1C.Cc1cc(C(=O)CN)n(C)n1.Cl. The Hall–Kier alpha value is -2.98. The third-order valence-electron chi connectivity index (χ3n) is 3.65. The van der Waals surface area contributed by atoms with E-state index in [-0.39, 0.29) is 30.4 Å². The van der Waals surface area contributed by atoms with Crippen LogP contribution in [0.5, 0.6) is 0 Å². The van der Waals surface area contributed by atoms with Crippen LogP contribution in [0.1, 0.15) is 32.4 Å². The van der Waals surface area contributed by atoms with Crippen LogP contribution in [0, 0.1) is 13.8 Å². The zero-order chi connectivity index (χ0) is 20.1. The zero-order valence-electron chi connectivity index (χ0n) is 16.3. The largest absolute Gasteiger partial charge is 0.464 e. The average Bonchev–Trinajstić information content (AvgIpc) is 3.32. The van der Waals surface area contributed by atoms with E-state index in [2.05, 4.69) is 19.9 Å². The summed E-state index contributed by atoms with van der Waals surface area (Å²) in [5.41, 5.74) is 8.29. The van der Waals surface area contributed by atoms with E-state index in [9.17, 15) is 9.59 Å². The molecule has 10 nitrogen and oxygen atoms in total. The molecule has 3 aromatic rings. The first-order valence-electron chi connectivity index (χ1n) is 8.05. The molecule has 0 amide bonds. The van der Waals surface area contributed by atoms with Gasteiger partial charge in [0.1, 0.15) is 11.4 Å². The number of oxazole rings is 1. The molecule has 0 saturated heterocycles. The van der Waals surface area contributed by atoms with Crippen molar-refractivity contribution in [3.63, 3.8) is 0 Å². The van der Waals surface area contributed by atoms with Crippen LogP contribution in [-0.2, 0) is 18.8 Å². The van der Waals surface area contributed by atoms with E-state index in [1.54, 1.807) is 29.5 Å². The minimum absolute atomic E-state index is 0. The van der Waals surface area contributed by atoms with E-state index in [0.29, 0.717) is 17.1 Å². The predicted molar refractivity (Wildman–Crippen MR) is 103 cm³/mol. The van der Waals surface area contributed by atoms with Crippen LogP contribution in [0.3, 0.4) is 0 Å². The Morgan fingerprint density at radius 2 is 1.75 bits per heavy atom. The minimum atomic E-state index is -0.525. The highest BCUT2D eigenvalue weighted by atomic mass is 35.5. The van der Waals surface area contributed by atoms with E-state index in [1.165, 1.54) is 13.5 Å². The molecule has 0 aromatic carbocycles. The zero-order valence-corrected chi connectivity index (χ0v) is 17.1. The number of esters is 1. The molecule has 28 heavy (non-hydrogen) atoms. The number of methoxy groups -OCH3 is 1. The van der Waals surface area contributed by atoms with Crippen LogP contribution in [-0.4, -0.2) is 50.0 Å². The third kappa shape index (κ3) is 5.05. The molecule has 3 rings (SSSR count). The van der Waals surface area contributed by atoms with Gasteiger partial charge in [0.2, 0.25) is 0 Å². The number of carbonyl (C=O) groups excluding carboxylic acids is 2. The Labute approximate surface area is 168 Å². The van der Waals surface area contributed by atoms with Gasteiger partial charge in [0.25, 0.3) is 0 Å². The number of hydrogen-bond donors (Lipinski definition) is 1. The highest BCUT2D eigenvalue weighted by molar-refractivity contribution is 5.96. The van der Waals surface area contributed by atoms with Gasteiger partial charge in [-0.1, -0.05) is 0 Å². The number of rotatable bonds is 4. The van der Waals surface area contributed by atoms with E-state index < -0.39 is 5.97 Å². The highest BCUT2D eigenvalue weighted by Gasteiger charge is 2.21. The number of nitrogens with zero attached hydrogens (tertiary/aromatic N) is 5. The van der Waals surface area contributed by atoms with Gasteiger partial charge in [0.15, 0.2) is 23.6 Å². The summed E-state index contributed by atoms with van der Waals surface area (Å²) in [4.78, 5) is 26.3. The highest BCUT2D eigenvalue weighted by Crippen LogP contribution is 2.23. The second kappa shape index (κ2) is 9.81. The molecule has 0 aliphatic rings. The first-order valence-corrected chi connectivity index (χ1v) is 8.05. The topological polar surface area (TPSA) is 131 Å². The lowest BCUT2D eigenvalue weighted by Gasteiger charge is -1.99. The molecule has 0 atom stereocenters. The second-order valence-corrected chi connectivity index (χ2v) is 5.74. The second-order valence-electron chi connectivity index (χ2n) is 5.74. The summed E-state index contributed by atoms with van der Waals surface area (Å²) >= 11 is 0. The molecule has 3 heterocycles. The number of hydrogen-bond acceptors (Lipinski definition) is 8. The van der Waals surface area contributed by atoms with E-state index in [4.69, 9.17) is 10.2 Å². The number of ether oxygens (including phenoxy) is 1. The van der Waals surface area contributed by atoms with Crippen LogP contribution >= 0.6 is 12.4 Å². The van der Waals surface area contributed by atoms with Crippen molar-refractivity contribution in [3.8, 4) is 11.5 Å². The number of aromatic nitrogens is 5. The smallest absolute Gasteiger partial charge is 0.360 e. The maximum atomic E-state index is 11.4. The summed E-state index contributed by atoms with van der Waals surface area (Å²) in [6.45, 7) is 3.74. The lowest BCUT2D eigenvalue weighted by Crippen LogP contribution is -2.16. The Morgan fingerprint density at radius 3 is 2.21 bits per heavy atom. The summed E-state index contributed by atoms with van der Waals surface area (Å²) in [6, 6.07) is 3.54. The van der Waals surface area contributed by atoms with Crippen molar-refractivity contribution in [1.29, 1.82) is 0 Å². The normalized spacial score (nSPS) is 9.93. The molecule has 0 radical (unpaired) electrons.